The summed E-state index contributed by atoms with van der Waals surface area (Å²) < 4.78 is 25.2. The molecule has 7 heteroatoms. The summed E-state index contributed by atoms with van der Waals surface area (Å²) >= 11 is 0. The fraction of sp³-hybridized carbons (Fsp3) is 0.381. The van der Waals surface area contributed by atoms with Gasteiger partial charge in [-0.05, 0) is 62.2 Å². The molecule has 3 rings (SSSR count). The molecule has 0 unspecified atom stereocenters. The van der Waals surface area contributed by atoms with Crippen molar-refractivity contribution in [3.63, 3.8) is 0 Å². The Balaban J connectivity index is 0.00000280. The van der Waals surface area contributed by atoms with Gasteiger partial charge in [0.05, 0.1) is 10.6 Å². The quantitative estimate of drug-likeness (QED) is 0.776. The monoisotopic (exact) mass is 422 g/mol. The van der Waals surface area contributed by atoms with Crippen LogP contribution >= 0.6 is 12.4 Å². The number of rotatable bonds is 6. The van der Waals surface area contributed by atoms with Crippen LogP contribution in [-0.4, -0.2) is 45.9 Å². The Kier molecular flexibility index (Phi) is 8.04. The van der Waals surface area contributed by atoms with E-state index in [0.717, 1.165) is 32.5 Å². The van der Waals surface area contributed by atoms with Crippen molar-refractivity contribution < 1.29 is 13.2 Å². The number of sulfone groups is 1. The van der Waals surface area contributed by atoms with E-state index in [4.69, 9.17) is 0 Å². The van der Waals surface area contributed by atoms with E-state index < -0.39 is 9.84 Å². The van der Waals surface area contributed by atoms with Gasteiger partial charge in [0.2, 0.25) is 0 Å². The summed E-state index contributed by atoms with van der Waals surface area (Å²) in [6.07, 6.45) is 1.99. The van der Waals surface area contributed by atoms with Gasteiger partial charge in [-0.3, -0.25) is 4.79 Å². The zero-order chi connectivity index (χ0) is 19.3. The summed E-state index contributed by atoms with van der Waals surface area (Å²) in [5.41, 5.74) is 1.19. The Morgan fingerprint density at radius 3 is 2.39 bits per heavy atom. The number of piperidine rings is 1. The predicted molar refractivity (Wildman–Crippen MR) is 114 cm³/mol. The van der Waals surface area contributed by atoms with Gasteiger partial charge in [0.25, 0.3) is 5.91 Å². The summed E-state index contributed by atoms with van der Waals surface area (Å²) in [5.74, 6) is 0.487. The van der Waals surface area contributed by atoms with E-state index >= 15 is 0 Å². The lowest BCUT2D eigenvalue weighted by Gasteiger charge is -2.32. The number of hydrogen-bond donors (Lipinski definition) is 1. The van der Waals surface area contributed by atoms with Crippen molar-refractivity contribution in [2.75, 3.05) is 26.7 Å². The fourth-order valence-electron chi connectivity index (χ4n) is 3.54. The normalized spacial score (nSPS) is 15.1. The molecule has 0 spiro atoms. The number of nitrogens with one attached hydrogen (secondary N) is 1. The summed E-state index contributed by atoms with van der Waals surface area (Å²) in [6.45, 7) is 2.48. The van der Waals surface area contributed by atoms with Crippen LogP contribution in [0.3, 0.4) is 0 Å². The van der Waals surface area contributed by atoms with Gasteiger partial charge in [0.15, 0.2) is 9.84 Å². The first-order valence-corrected chi connectivity index (χ1v) is 11.0. The van der Waals surface area contributed by atoms with Crippen molar-refractivity contribution in [3.8, 4) is 0 Å². The molecule has 2 aromatic carbocycles. The minimum atomic E-state index is -3.43. The van der Waals surface area contributed by atoms with Crippen molar-refractivity contribution in [1.82, 2.24) is 10.2 Å². The van der Waals surface area contributed by atoms with E-state index in [-0.39, 0.29) is 24.1 Å². The number of likely N-dealkylation sites (tertiary alicyclic amines) is 1. The maximum absolute atomic E-state index is 12.8. The molecular weight excluding hydrogens is 396 g/mol. The highest BCUT2D eigenvalue weighted by Crippen LogP contribution is 2.21. The second-order valence-corrected chi connectivity index (χ2v) is 9.06. The Morgan fingerprint density at radius 1 is 1.07 bits per heavy atom. The van der Waals surface area contributed by atoms with Crippen molar-refractivity contribution in [2.45, 2.75) is 23.5 Å². The van der Waals surface area contributed by atoms with E-state index in [2.05, 4.69) is 5.32 Å². The van der Waals surface area contributed by atoms with E-state index in [1.807, 2.05) is 11.9 Å². The third-order valence-corrected chi connectivity index (χ3v) is 6.73. The average molecular weight is 423 g/mol. The maximum atomic E-state index is 12.8. The van der Waals surface area contributed by atoms with Gasteiger partial charge in [0.1, 0.15) is 0 Å². The van der Waals surface area contributed by atoms with E-state index in [1.165, 1.54) is 0 Å². The number of carbonyl (C=O) groups excluding carboxylic acids is 1. The van der Waals surface area contributed by atoms with Gasteiger partial charge >= 0.3 is 0 Å². The van der Waals surface area contributed by atoms with Crippen molar-refractivity contribution in [1.29, 1.82) is 0 Å². The third kappa shape index (κ3) is 5.56. The highest BCUT2D eigenvalue weighted by molar-refractivity contribution is 7.90. The molecule has 0 aliphatic carbocycles. The van der Waals surface area contributed by atoms with Crippen LogP contribution in [-0.2, 0) is 15.6 Å². The van der Waals surface area contributed by atoms with Crippen LogP contribution in [0.15, 0.2) is 59.5 Å². The minimum absolute atomic E-state index is 0. The Hall–Kier alpha value is -1.89. The van der Waals surface area contributed by atoms with Crippen molar-refractivity contribution in [2.24, 2.45) is 5.92 Å². The largest absolute Gasteiger partial charge is 0.339 e. The molecule has 152 valence electrons. The van der Waals surface area contributed by atoms with Gasteiger partial charge in [-0.1, -0.05) is 30.3 Å². The van der Waals surface area contributed by atoms with Crippen LogP contribution < -0.4 is 5.32 Å². The topological polar surface area (TPSA) is 66.5 Å². The fourth-order valence-corrected chi connectivity index (χ4v) is 4.89. The summed E-state index contributed by atoms with van der Waals surface area (Å²) in [5, 5.41) is 3.20. The highest BCUT2D eigenvalue weighted by atomic mass is 35.5. The lowest BCUT2D eigenvalue weighted by atomic mass is 9.96. The van der Waals surface area contributed by atoms with Crippen LogP contribution in [0.2, 0.25) is 0 Å². The molecule has 1 fully saturated rings. The Morgan fingerprint density at radius 2 is 1.75 bits per heavy atom. The Labute approximate surface area is 173 Å². The molecule has 28 heavy (non-hydrogen) atoms. The molecule has 1 amide bonds. The highest BCUT2D eigenvalue weighted by Gasteiger charge is 2.24. The molecule has 2 aromatic rings. The lowest BCUT2D eigenvalue weighted by molar-refractivity contribution is 0.0691. The molecule has 0 atom stereocenters. The molecule has 5 nitrogen and oxygen atoms in total. The van der Waals surface area contributed by atoms with Crippen LogP contribution in [0, 0.1) is 5.92 Å². The van der Waals surface area contributed by atoms with E-state index in [9.17, 15) is 13.2 Å². The zero-order valence-corrected chi connectivity index (χ0v) is 17.6. The van der Waals surface area contributed by atoms with Gasteiger partial charge in [-0.15, -0.1) is 12.4 Å². The number of halogens is 1. The average Bonchev–Trinajstić information content (AvgIpc) is 2.69. The van der Waals surface area contributed by atoms with Crippen molar-refractivity contribution >= 4 is 28.2 Å². The van der Waals surface area contributed by atoms with E-state index in [1.54, 1.807) is 54.6 Å². The molecule has 0 radical (unpaired) electrons. The molecule has 1 N–H and O–H groups in total. The molecule has 1 heterocycles. The second-order valence-electron chi connectivity index (χ2n) is 7.07. The van der Waals surface area contributed by atoms with Crippen LogP contribution in [0.4, 0.5) is 0 Å². The standard InChI is InChI=1S/C21H26N2O3S.ClH/c1-22-15-17-10-12-23(13-11-17)21(24)19-7-5-6-18(14-19)16-27(25,26)20-8-3-2-4-9-20;/h2-9,14,17,22H,10-13,15-16H2,1H3;1H. The summed E-state index contributed by atoms with van der Waals surface area (Å²) in [7, 11) is -1.48. The number of nitrogens with zero attached hydrogens (tertiary/aromatic N) is 1. The first kappa shape index (κ1) is 22.4. The van der Waals surface area contributed by atoms with E-state index in [0.29, 0.717) is 21.9 Å². The van der Waals surface area contributed by atoms with Crippen LogP contribution in [0.25, 0.3) is 0 Å². The molecule has 1 aliphatic rings. The SMILES string of the molecule is CNCC1CCN(C(=O)c2cccc(CS(=O)(=O)c3ccccc3)c2)CC1.Cl. The summed E-state index contributed by atoms with van der Waals surface area (Å²) in [4.78, 5) is 15.0. The molecule has 0 saturated carbocycles. The number of amides is 1. The molecule has 0 aromatic heterocycles. The van der Waals surface area contributed by atoms with Gasteiger partial charge in [-0.2, -0.15) is 0 Å². The molecular formula is C21H27ClN2O3S. The predicted octanol–water partition coefficient (Wildman–Crippen LogP) is 3.15. The Bertz CT molecular complexity index is 880. The first-order valence-electron chi connectivity index (χ1n) is 9.30. The van der Waals surface area contributed by atoms with Gasteiger partial charge in [-0.25, -0.2) is 8.42 Å². The molecule has 1 saturated heterocycles. The lowest BCUT2D eigenvalue weighted by Crippen LogP contribution is -2.40. The van der Waals surface area contributed by atoms with Gasteiger partial charge in [0, 0.05) is 18.7 Å². The van der Waals surface area contributed by atoms with Gasteiger partial charge < -0.3 is 10.2 Å². The van der Waals surface area contributed by atoms with Crippen LogP contribution in [0.1, 0.15) is 28.8 Å². The zero-order valence-electron chi connectivity index (χ0n) is 16.0. The molecule has 0 bridgehead atoms. The number of carbonyl (C=O) groups is 1. The third-order valence-electron chi connectivity index (χ3n) is 5.03. The second kappa shape index (κ2) is 10.0. The first-order chi connectivity index (χ1) is 13.0. The number of benzene rings is 2. The number of hydrogen-bond acceptors (Lipinski definition) is 4. The smallest absolute Gasteiger partial charge is 0.253 e. The molecule has 1 aliphatic heterocycles. The maximum Gasteiger partial charge on any atom is 0.253 e. The minimum Gasteiger partial charge on any atom is -0.339 e. The van der Waals surface area contributed by atoms with Crippen molar-refractivity contribution in [3.05, 3.63) is 65.7 Å². The summed E-state index contributed by atoms with van der Waals surface area (Å²) in [6, 6.07) is 15.4. The van der Waals surface area contributed by atoms with Crippen LogP contribution in [0.5, 0.6) is 0 Å².